The second-order valence-electron chi connectivity index (χ2n) is 5.84. The zero-order valence-corrected chi connectivity index (χ0v) is 11.5. The van der Waals surface area contributed by atoms with Gasteiger partial charge < -0.3 is 15.4 Å². The zero-order chi connectivity index (χ0) is 13.0. The number of ether oxygens (including phenoxy) is 1. The molecule has 2 fully saturated rings. The summed E-state index contributed by atoms with van der Waals surface area (Å²) in [5.41, 5.74) is 6.19. The van der Waals surface area contributed by atoms with Crippen molar-refractivity contribution in [2.45, 2.75) is 39.0 Å². The van der Waals surface area contributed by atoms with Gasteiger partial charge in [0.2, 0.25) is 0 Å². The zero-order valence-electron chi connectivity index (χ0n) is 11.5. The Balaban J connectivity index is 1.72. The van der Waals surface area contributed by atoms with Crippen molar-refractivity contribution in [2.75, 3.05) is 32.8 Å². The first-order valence-electron chi connectivity index (χ1n) is 7.28. The van der Waals surface area contributed by atoms with Crippen LogP contribution in [0.15, 0.2) is 0 Å². The molecule has 1 saturated heterocycles. The molecule has 0 radical (unpaired) electrons. The summed E-state index contributed by atoms with van der Waals surface area (Å²) in [5, 5.41) is 0. The molecule has 18 heavy (non-hydrogen) atoms. The molecule has 0 aromatic heterocycles. The van der Waals surface area contributed by atoms with Crippen LogP contribution in [0.25, 0.3) is 0 Å². The summed E-state index contributed by atoms with van der Waals surface area (Å²) < 4.78 is 5.09. The van der Waals surface area contributed by atoms with Crippen molar-refractivity contribution in [1.29, 1.82) is 0 Å². The van der Waals surface area contributed by atoms with Crippen LogP contribution in [0.3, 0.4) is 0 Å². The van der Waals surface area contributed by atoms with Gasteiger partial charge >= 0.3 is 5.97 Å². The van der Waals surface area contributed by atoms with Crippen LogP contribution in [0.5, 0.6) is 0 Å². The molecule has 2 aliphatic rings. The first-order chi connectivity index (χ1) is 8.69. The topological polar surface area (TPSA) is 55.6 Å². The van der Waals surface area contributed by atoms with Crippen LogP contribution in [0.4, 0.5) is 0 Å². The SMILES string of the molecule is CCOC(=O)C1CCN(CC2(CCN)CC2)CC1. The smallest absolute Gasteiger partial charge is 0.309 e. The highest BCUT2D eigenvalue weighted by molar-refractivity contribution is 5.72. The molecule has 4 nitrogen and oxygen atoms in total. The Morgan fingerprint density at radius 2 is 2.06 bits per heavy atom. The van der Waals surface area contributed by atoms with Crippen LogP contribution in [-0.4, -0.2) is 43.7 Å². The van der Waals surface area contributed by atoms with Crippen molar-refractivity contribution < 1.29 is 9.53 Å². The number of nitrogens with zero attached hydrogens (tertiary/aromatic N) is 1. The molecule has 0 bridgehead atoms. The van der Waals surface area contributed by atoms with Crippen LogP contribution in [0.2, 0.25) is 0 Å². The van der Waals surface area contributed by atoms with Crippen LogP contribution < -0.4 is 5.73 Å². The third-order valence-corrected chi connectivity index (χ3v) is 4.40. The van der Waals surface area contributed by atoms with E-state index in [2.05, 4.69) is 4.90 Å². The number of carbonyl (C=O) groups excluding carboxylic acids is 1. The van der Waals surface area contributed by atoms with E-state index in [1.807, 2.05) is 6.92 Å². The fourth-order valence-corrected chi connectivity index (χ4v) is 3.03. The lowest BCUT2D eigenvalue weighted by molar-refractivity contribution is -0.149. The third-order valence-electron chi connectivity index (χ3n) is 4.40. The fourth-order valence-electron chi connectivity index (χ4n) is 3.03. The summed E-state index contributed by atoms with van der Waals surface area (Å²) in [6.07, 6.45) is 5.74. The Morgan fingerprint density at radius 3 is 2.56 bits per heavy atom. The Bertz CT molecular complexity index is 282. The fraction of sp³-hybridized carbons (Fsp3) is 0.929. The van der Waals surface area contributed by atoms with Crippen molar-refractivity contribution >= 4 is 5.97 Å². The van der Waals surface area contributed by atoms with Crippen LogP contribution in [0.1, 0.15) is 39.0 Å². The average molecular weight is 254 g/mol. The van der Waals surface area contributed by atoms with Gasteiger partial charge in [0.05, 0.1) is 12.5 Å². The monoisotopic (exact) mass is 254 g/mol. The number of hydrogen-bond acceptors (Lipinski definition) is 4. The van der Waals surface area contributed by atoms with Gasteiger partial charge in [0.25, 0.3) is 0 Å². The minimum Gasteiger partial charge on any atom is -0.466 e. The lowest BCUT2D eigenvalue weighted by atomic mass is 9.94. The molecular formula is C14H26N2O2. The third kappa shape index (κ3) is 3.45. The van der Waals surface area contributed by atoms with Gasteiger partial charge in [-0.1, -0.05) is 0 Å². The maximum Gasteiger partial charge on any atom is 0.309 e. The molecule has 0 amide bonds. The molecular weight excluding hydrogens is 228 g/mol. The number of carbonyl (C=O) groups is 1. The van der Waals surface area contributed by atoms with Gasteiger partial charge in [0, 0.05) is 6.54 Å². The molecule has 4 heteroatoms. The molecule has 2 rings (SSSR count). The molecule has 0 spiro atoms. The predicted molar refractivity (Wildman–Crippen MR) is 71.1 cm³/mol. The van der Waals surface area contributed by atoms with Crippen molar-refractivity contribution in [3.8, 4) is 0 Å². The molecule has 2 N–H and O–H groups in total. The minimum absolute atomic E-state index is 0.000225. The molecule has 104 valence electrons. The molecule has 0 atom stereocenters. The standard InChI is InChI=1S/C14H26N2O2/c1-2-18-13(17)12-3-9-16(10-4-12)11-14(5-6-14)7-8-15/h12H,2-11,15H2,1H3. The highest BCUT2D eigenvalue weighted by Gasteiger charge is 2.43. The van der Waals surface area contributed by atoms with Gasteiger partial charge in [0.15, 0.2) is 0 Å². The van der Waals surface area contributed by atoms with E-state index in [1.54, 1.807) is 0 Å². The van der Waals surface area contributed by atoms with Crippen molar-refractivity contribution in [2.24, 2.45) is 17.1 Å². The molecule has 0 aromatic carbocycles. The van der Waals surface area contributed by atoms with E-state index in [0.29, 0.717) is 12.0 Å². The Labute approximate surface area is 110 Å². The number of hydrogen-bond donors (Lipinski definition) is 1. The lowest BCUT2D eigenvalue weighted by Gasteiger charge is -2.33. The number of nitrogens with two attached hydrogens (primary N) is 1. The Hall–Kier alpha value is -0.610. The number of rotatable bonds is 6. The Morgan fingerprint density at radius 1 is 1.39 bits per heavy atom. The highest BCUT2D eigenvalue weighted by atomic mass is 16.5. The van der Waals surface area contributed by atoms with E-state index in [-0.39, 0.29) is 11.9 Å². The van der Waals surface area contributed by atoms with Gasteiger partial charge in [-0.2, -0.15) is 0 Å². The van der Waals surface area contributed by atoms with E-state index in [4.69, 9.17) is 10.5 Å². The minimum atomic E-state index is 0.000225. The number of esters is 1. The maximum absolute atomic E-state index is 11.6. The molecule has 0 aromatic rings. The lowest BCUT2D eigenvalue weighted by Crippen LogP contribution is -2.40. The number of piperidine rings is 1. The van der Waals surface area contributed by atoms with Crippen molar-refractivity contribution in [3.05, 3.63) is 0 Å². The van der Waals surface area contributed by atoms with E-state index in [0.717, 1.165) is 38.9 Å². The molecule has 1 aliphatic heterocycles. The molecule has 0 unspecified atom stereocenters. The van der Waals surface area contributed by atoms with Crippen LogP contribution >= 0.6 is 0 Å². The first kappa shape index (κ1) is 13.8. The maximum atomic E-state index is 11.6. The van der Waals surface area contributed by atoms with Gasteiger partial charge in [-0.3, -0.25) is 4.79 Å². The second-order valence-corrected chi connectivity index (χ2v) is 5.84. The largest absolute Gasteiger partial charge is 0.466 e. The van der Waals surface area contributed by atoms with Gasteiger partial charge in [0.1, 0.15) is 0 Å². The molecule has 1 saturated carbocycles. The average Bonchev–Trinajstić information content (AvgIpc) is 3.10. The van der Waals surface area contributed by atoms with Gasteiger partial charge in [-0.25, -0.2) is 0 Å². The molecule has 1 aliphatic carbocycles. The van der Waals surface area contributed by atoms with Crippen molar-refractivity contribution in [1.82, 2.24) is 4.90 Å². The molecule has 1 heterocycles. The Kier molecular flexibility index (Phi) is 4.62. The van der Waals surface area contributed by atoms with Crippen LogP contribution in [0, 0.1) is 11.3 Å². The summed E-state index contributed by atoms with van der Waals surface area (Å²) in [4.78, 5) is 14.2. The van der Waals surface area contributed by atoms with E-state index in [9.17, 15) is 4.79 Å². The van der Waals surface area contributed by atoms with Gasteiger partial charge in [-0.05, 0) is 64.1 Å². The summed E-state index contributed by atoms with van der Waals surface area (Å²) in [6.45, 7) is 6.43. The summed E-state index contributed by atoms with van der Waals surface area (Å²) in [6, 6.07) is 0. The van der Waals surface area contributed by atoms with Gasteiger partial charge in [-0.15, -0.1) is 0 Å². The quantitative estimate of drug-likeness (QED) is 0.728. The second kappa shape index (κ2) is 6.02. The van der Waals surface area contributed by atoms with Crippen LogP contribution in [-0.2, 0) is 9.53 Å². The summed E-state index contributed by atoms with van der Waals surface area (Å²) >= 11 is 0. The van der Waals surface area contributed by atoms with E-state index < -0.39 is 0 Å². The summed E-state index contributed by atoms with van der Waals surface area (Å²) in [7, 11) is 0. The number of likely N-dealkylation sites (tertiary alicyclic amines) is 1. The first-order valence-corrected chi connectivity index (χ1v) is 7.28. The van der Waals surface area contributed by atoms with Crippen molar-refractivity contribution in [3.63, 3.8) is 0 Å². The predicted octanol–water partition coefficient (Wildman–Crippen LogP) is 1.39. The normalized spacial score (nSPS) is 23.9. The van der Waals surface area contributed by atoms with E-state index in [1.165, 1.54) is 19.4 Å². The highest BCUT2D eigenvalue weighted by Crippen LogP contribution is 2.49. The van der Waals surface area contributed by atoms with E-state index >= 15 is 0 Å². The summed E-state index contributed by atoms with van der Waals surface area (Å²) in [5.74, 6) is 0.131.